The summed E-state index contributed by atoms with van der Waals surface area (Å²) in [6.07, 6.45) is 3.84. The van der Waals surface area contributed by atoms with Crippen LogP contribution in [-0.4, -0.2) is 27.0 Å². The summed E-state index contributed by atoms with van der Waals surface area (Å²) in [5.41, 5.74) is 6.20. The summed E-state index contributed by atoms with van der Waals surface area (Å²) in [5.74, 6) is -0.214. The molecule has 0 fully saturated rings. The maximum Gasteiger partial charge on any atom is 0.251 e. The van der Waals surface area contributed by atoms with Crippen LogP contribution in [0, 0.1) is 11.3 Å². The van der Waals surface area contributed by atoms with Gasteiger partial charge in [-0.3, -0.25) is 9.78 Å². The first-order chi connectivity index (χ1) is 17.9. The Morgan fingerprint density at radius 1 is 1.19 bits per heavy atom. The minimum atomic E-state index is -0.767. The Morgan fingerprint density at radius 3 is 2.95 bits per heavy atom. The van der Waals surface area contributed by atoms with Crippen molar-refractivity contribution in [1.82, 2.24) is 19.9 Å². The van der Waals surface area contributed by atoms with Gasteiger partial charge < -0.3 is 14.6 Å². The van der Waals surface area contributed by atoms with Gasteiger partial charge in [0.1, 0.15) is 5.41 Å². The summed E-state index contributed by atoms with van der Waals surface area (Å²) in [7, 11) is 2.03. The fourth-order valence-corrected chi connectivity index (χ4v) is 5.00. The van der Waals surface area contributed by atoms with Crippen molar-refractivity contribution in [2.75, 3.05) is 6.61 Å². The summed E-state index contributed by atoms with van der Waals surface area (Å²) >= 11 is 0. The van der Waals surface area contributed by atoms with Gasteiger partial charge in [0.15, 0.2) is 0 Å². The van der Waals surface area contributed by atoms with E-state index in [1.165, 1.54) is 0 Å². The van der Waals surface area contributed by atoms with E-state index in [9.17, 15) is 10.1 Å². The number of nitrogens with zero attached hydrogens (tertiary/aromatic N) is 4. The molecule has 0 spiro atoms. The van der Waals surface area contributed by atoms with Gasteiger partial charge in [-0.15, -0.1) is 0 Å². The monoisotopic (exact) mass is 487 g/mol. The van der Waals surface area contributed by atoms with Gasteiger partial charge in [0.05, 0.1) is 42.7 Å². The van der Waals surface area contributed by atoms with E-state index < -0.39 is 5.41 Å². The molecule has 1 aliphatic rings. The number of carbonyl (C=O) groups excluding carboxylic acids is 1. The third kappa shape index (κ3) is 4.02. The second kappa shape index (κ2) is 8.84. The van der Waals surface area contributed by atoms with Crippen molar-refractivity contribution in [2.45, 2.75) is 25.5 Å². The maximum atomic E-state index is 13.0. The first-order valence-corrected chi connectivity index (χ1v) is 12.2. The molecule has 4 heterocycles. The zero-order chi connectivity index (χ0) is 25.6. The number of carbonyl (C=O) groups is 1. The number of nitrogens with one attached hydrogen (secondary N) is 1. The molecule has 2 aromatic carbocycles. The average molecular weight is 488 g/mol. The Labute approximate surface area is 214 Å². The summed E-state index contributed by atoms with van der Waals surface area (Å²) < 4.78 is 7.66. The molecule has 0 saturated heterocycles. The fraction of sp³-hybridized carbons (Fsp3) is 0.200. The highest BCUT2D eigenvalue weighted by Crippen LogP contribution is 2.33. The van der Waals surface area contributed by atoms with Crippen molar-refractivity contribution < 1.29 is 9.53 Å². The Morgan fingerprint density at radius 2 is 2.08 bits per heavy atom. The van der Waals surface area contributed by atoms with E-state index in [-0.39, 0.29) is 12.5 Å². The maximum absolute atomic E-state index is 13.0. The highest BCUT2D eigenvalue weighted by atomic mass is 16.5. The van der Waals surface area contributed by atoms with E-state index in [0.717, 1.165) is 49.9 Å². The molecule has 7 heteroatoms. The highest BCUT2D eigenvalue weighted by molar-refractivity contribution is 5.96. The number of hydrogen-bond donors (Lipinski definition) is 1. The highest BCUT2D eigenvalue weighted by Gasteiger charge is 2.33. The van der Waals surface area contributed by atoms with Crippen molar-refractivity contribution in [3.8, 4) is 17.3 Å². The zero-order valence-corrected chi connectivity index (χ0v) is 20.7. The molecule has 6 rings (SSSR count). The lowest BCUT2D eigenvalue weighted by atomic mass is 9.79. The zero-order valence-electron chi connectivity index (χ0n) is 20.7. The summed E-state index contributed by atoms with van der Waals surface area (Å²) in [5, 5.41) is 14.7. The van der Waals surface area contributed by atoms with E-state index in [4.69, 9.17) is 9.72 Å². The third-order valence-corrected chi connectivity index (χ3v) is 7.13. The molecule has 0 aliphatic carbocycles. The minimum absolute atomic E-state index is 0.214. The predicted molar refractivity (Wildman–Crippen MR) is 142 cm³/mol. The van der Waals surface area contributed by atoms with Crippen LogP contribution in [-0.2, 0) is 30.4 Å². The van der Waals surface area contributed by atoms with Crippen molar-refractivity contribution in [1.29, 1.82) is 5.26 Å². The van der Waals surface area contributed by atoms with E-state index in [1.54, 1.807) is 12.3 Å². The number of amides is 1. The number of ether oxygens (including phenoxy) is 1. The lowest BCUT2D eigenvalue weighted by Gasteiger charge is -2.30. The molecular weight excluding hydrogens is 462 g/mol. The Balaban J connectivity index is 1.25. The summed E-state index contributed by atoms with van der Waals surface area (Å²) in [6.45, 7) is 2.87. The second-order valence-corrected chi connectivity index (χ2v) is 9.72. The van der Waals surface area contributed by atoms with E-state index in [2.05, 4.69) is 45.3 Å². The summed E-state index contributed by atoms with van der Waals surface area (Å²) in [6, 6.07) is 22.1. The molecule has 0 saturated carbocycles. The standard InChI is InChI=1S/C30H25N5O2/c1-30(17-31)18-37-16-21-7-6-19(12-25(21)30)29(36)33-15-22-13-27-20(14-32-22)8-9-26(34-27)23-4-3-5-28-24(23)10-11-35(28)2/h3-14H,15-16,18H2,1-2H3,(H,33,36)/t30-/m1/s1. The van der Waals surface area contributed by atoms with Crippen molar-refractivity contribution in [2.24, 2.45) is 7.05 Å². The lowest BCUT2D eigenvalue weighted by Crippen LogP contribution is -2.33. The van der Waals surface area contributed by atoms with Crippen LogP contribution in [0.3, 0.4) is 0 Å². The Hall–Kier alpha value is -4.54. The molecule has 0 radical (unpaired) electrons. The number of nitriles is 1. The van der Waals surface area contributed by atoms with Gasteiger partial charge in [-0.2, -0.15) is 5.26 Å². The van der Waals surface area contributed by atoms with Gasteiger partial charge in [0, 0.05) is 46.9 Å². The molecule has 37 heavy (non-hydrogen) atoms. The number of pyridine rings is 2. The van der Waals surface area contributed by atoms with Crippen LogP contribution in [0.2, 0.25) is 0 Å². The van der Waals surface area contributed by atoms with Crippen LogP contribution in [0.4, 0.5) is 0 Å². The van der Waals surface area contributed by atoms with Crippen LogP contribution in [0.15, 0.2) is 73.1 Å². The van der Waals surface area contributed by atoms with Crippen LogP contribution >= 0.6 is 0 Å². The molecular formula is C30H25N5O2. The normalized spacial score (nSPS) is 16.9. The first-order valence-electron chi connectivity index (χ1n) is 12.2. The third-order valence-electron chi connectivity index (χ3n) is 7.13. The SMILES string of the molecule is Cn1ccc2c(-c3ccc4cnc(CNC(=O)c5ccc6c(c5)[C@](C)(C#N)COC6)cc4n3)cccc21. The van der Waals surface area contributed by atoms with Gasteiger partial charge >= 0.3 is 0 Å². The minimum Gasteiger partial charge on any atom is -0.375 e. The number of rotatable bonds is 4. The average Bonchev–Trinajstić information content (AvgIpc) is 3.32. The van der Waals surface area contributed by atoms with Crippen LogP contribution in [0.5, 0.6) is 0 Å². The predicted octanol–water partition coefficient (Wildman–Crippen LogP) is 5.03. The van der Waals surface area contributed by atoms with Gasteiger partial charge in [-0.05, 0) is 60.5 Å². The lowest BCUT2D eigenvalue weighted by molar-refractivity contribution is 0.0757. The molecule has 7 nitrogen and oxygen atoms in total. The Kier molecular flexibility index (Phi) is 5.47. The molecule has 5 aromatic rings. The number of hydrogen-bond acceptors (Lipinski definition) is 5. The fourth-order valence-electron chi connectivity index (χ4n) is 5.00. The van der Waals surface area contributed by atoms with Crippen molar-refractivity contribution in [3.63, 3.8) is 0 Å². The largest absolute Gasteiger partial charge is 0.375 e. The quantitative estimate of drug-likeness (QED) is 0.384. The number of aryl methyl sites for hydroxylation is 1. The van der Waals surface area contributed by atoms with E-state index in [1.807, 2.05) is 50.4 Å². The van der Waals surface area contributed by atoms with Crippen LogP contribution < -0.4 is 5.32 Å². The number of fused-ring (bicyclic) bond motifs is 3. The van der Waals surface area contributed by atoms with E-state index >= 15 is 0 Å². The number of aromatic nitrogens is 3. The molecule has 1 atom stereocenters. The molecule has 1 N–H and O–H groups in total. The second-order valence-electron chi connectivity index (χ2n) is 9.72. The van der Waals surface area contributed by atoms with Gasteiger partial charge in [-0.1, -0.05) is 18.2 Å². The molecule has 1 amide bonds. The molecule has 3 aromatic heterocycles. The molecule has 1 aliphatic heterocycles. The van der Waals surface area contributed by atoms with Crippen LogP contribution in [0.25, 0.3) is 33.1 Å². The molecule has 0 bridgehead atoms. The van der Waals surface area contributed by atoms with Crippen molar-refractivity contribution >= 4 is 27.7 Å². The van der Waals surface area contributed by atoms with Gasteiger partial charge in [-0.25, -0.2) is 4.98 Å². The molecule has 0 unspecified atom stereocenters. The summed E-state index contributed by atoms with van der Waals surface area (Å²) in [4.78, 5) is 22.4. The van der Waals surface area contributed by atoms with Gasteiger partial charge in [0.25, 0.3) is 5.91 Å². The first kappa shape index (κ1) is 22.9. The topological polar surface area (TPSA) is 92.8 Å². The van der Waals surface area contributed by atoms with Crippen molar-refractivity contribution in [3.05, 3.63) is 95.4 Å². The molecule has 182 valence electrons. The van der Waals surface area contributed by atoms with Gasteiger partial charge in [0.2, 0.25) is 0 Å². The van der Waals surface area contributed by atoms with Crippen LogP contribution in [0.1, 0.15) is 34.1 Å². The van der Waals surface area contributed by atoms with E-state index in [0.29, 0.717) is 18.8 Å². The number of benzene rings is 2. The smallest absolute Gasteiger partial charge is 0.251 e. The Bertz CT molecular complexity index is 1730.